The first-order valence-electron chi connectivity index (χ1n) is 10.0. The van der Waals surface area contributed by atoms with Gasteiger partial charge in [0.25, 0.3) is 5.91 Å². The molecule has 5 heteroatoms. The van der Waals surface area contributed by atoms with E-state index in [-0.39, 0.29) is 5.91 Å². The number of thiophene rings is 1. The molecule has 146 valence electrons. The SMILES string of the molecule is CNC(=O)c1sc2ccccc2c1[C@@H]1CCN(Cc2ccnc3ccccc23)C1. The van der Waals surface area contributed by atoms with Gasteiger partial charge in [-0.25, -0.2) is 0 Å². The molecule has 1 atom stereocenters. The van der Waals surface area contributed by atoms with Gasteiger partial charge in [0.1, 0.15) is 0 Å². The Bertz CT molecular complexity index is 1190. The van der Waals surface area contributed by atoms with E-state index >= 15 is 0 Å². The first-order chi connectivity index (χ1) is 14.2. The summed E-state index contributed by atoms with van der Waals surface area (Å²) in [4.78, 5) is 20.4. The van der Waals surface area contributed by atoms with Crippen LogP contribution >= 0.6 is 11.3 Å². The second-order valence-corrected chi connectivity index (χ2v) is 8.68. The second-order valence-electron chi connectivity index (χ2n) is 7.63. The van der Waals surface area contributed by atoms with Crippen LogP contribution in [0.1, 0.15) is 33.1 Å². The molecular weight excluding hydrogens is 378 g/mol. The van der Waals surface area contributed by atoms with Crippen molar-refractivity contribution in [3.05, 3.63) is 76.8 Å². The number of benzene rings is 2. The number of hydrogen-bond acceptors (Lipinski definition) is 4. The lowest BCUT2D eigenvalue weighted by Crippen LogP contribution is -2.21. The predicted molar refractivity (Wildman–Crippen MR) is 120 cm³/mol. The van der Waals surface area contributed by atoms with Crippen LogP contribution in [-0.2, 0) is 6.54 Å². The quantitative estimate of drug-likeness (QED) is 0.534. The average Bonchev–Trinajstić information content (AvgIpc) is 3.37. The molecule has 1 aliphatic rings. The number of para-hydroxylation sites is 1. The lowest BCUT2D eigenvalue weighted by atomic mass is 9.95. The first kappa shape index (κ1) is 18.3. The standard InChI is InChI=1S/C24H23N3OS/c1-25-24(28)23-22(19-7-3-5-9-21(19)29-23)17-11-13-27(15-17)14-16-10-12-26-20-8-4-2-6-18(16)20/h2-10,12,17H,11,13-15H2,1H3,(H,25,28)/t17-/m1/s1. The van der Waals surface area contributed by atoms with E-state index in [1.165, 1.54) is 26.6 Å². The molecule has 1 fully saturated rings. The molecule has 1 N–H and O–H groups in total. The maximum atomic E-state index is 12.6. The molecule has 0 spiro atoms. The van der Waals surface area contributed by atoms with Gasteiger partial charge in [-0.2, -0.15) is 0 Å². The van der Waals surface area contributed by atoms with E-state index in [2.05, 4.69) is 57.7 Å². The zero-order valence-electron chi connectivity index (χ0n) is 16.4. The normalized spacial score (nSPS) is 17.2. The van der Waals surface area contributed by atoms with E-state index in [4.69, 9.17) is 0 Å². The average molecular weight is 402 g/mol. The number of nitrogens with zero attached hydrogens (tertiary/aromatic N) is 2. The molecule has 2 aromatic carbocycles. The molecule has 0 saturated carbocycles. The summed E-state index contributed by atoms with van der Waals surface area (Å²) in [6.45, 7) is 2.93. The molecule has 5 rings (SSSR count). The van der Waals surface area contributed by atoms with Gasteiger partial charge in [0, 0.05) is 42.3 Å². The second kappa shape index (κ2) is 7.58. The molecule has 1 aliphatic heterocycles. The highest BCUT2D eigenvalue weighted by Gasteiger charge is 2.30. The molecule has 4 nitrogen and oxygen atoms in total. The summed E-state index contributed by atoms with van der Waals surface area (Å²) in [7, 11) is 1.71. The van der Waals surface area contributed by atoms with Gasteiger partial charge < -0.3 is 5.32 Å². The zero-order valence-corrected chi connectivity index (χ0v) is 17.2. The van der Waals surface area contributed by atoms with Crippen molar-refractivity contribution in [1.82, 2.24) is 15.2 Å². The minimum atomic E-state index is 0.0276. The molecule has 0 aliphatic carbocycles. The van der Waals surface area contributed by atoms with E-state index in [1.807, 2.05) is 18.3 Å². The Balaban J connectivity index is 1.45. The lowest BCUT2D eigenvalue weighted by Gasteiger charge is -2.18. The molecule has 2 aromatic heterocycles. The van der Waals surface area contributed by atoms with Gasteiger partial charge in [-0.1, -0.05) is 36.4 Å². The van der Waals surface area contributed by atoms with E-state index in [0.717, 1.165) is 36.4 Å². The number of aromatic nitrogens is 1. The Morgan fingerprint density at radius 2 is 1.93 bits per heavy atom. The first-order valence-corrected chi connectivity index (χ1v) is 10.8. The van der Waals surface area contributed by atoms with Crippen molar-refractivity contribution in [2.45, 2.75) is 18.9 Å². The summed E-state index contributed by atoms with van der Waals surface area (Å²) in [6.07, 6.45) is 2.98. The van der Waals surface area contributed by atoms with Crippen LogP contribution in [0.4, 0.5) is 0 Å². The van der Waals surface area contributed by atoms with Crippen LogP contribution in [0.2, 0.25) is 0 Å². The minimum absolute atomic E-state index is 0.0276. The van der Waals surface area contributed by atoms with E-state index in [0.29, 0.717) is 5.92 Å². The zero-order chi connectivity index (χ0) is 19.8. The summed E-state index contributed by atoms with van der Waals surface area (Å²) >= 11 is 1.61. The van der Waals surface area contributed by atoms with Gasteiger partial charge >= 0.3 is 0 Å². The number of pyridine rings is 1. The minimum Gasteiger partial charge on any atom is -0.354 e. The molecule has 1 saturated heterocycles. The van der Waals surface area contributed by atoms with Crippen LogP contribution in [0.5, 0.6) is 0 Å². The highest BCUT2D eigenvalue weighted by Crippen LogP contribution is 2.40. The molecule has 0 unspecified atom stereocenters. The number of amides is 1. The third kappa shape index (κ3) is 3.30. The highest BCUT2D eigenvalue weighted by atomic mass is 32.1. The Morgan fingerprint density at radius 1 is 1.14 bits per heavy atom. The molecule has 3 heterocycles. The molecule has 0 bridgehead atoms. The fraction of sp³-hybridized carbons (Fsp3) is 0.250. The topological polar surface area (TPSA) is 45.2 Å². The Labute approximate surface area is 174 Å². The van der Waals surface area contributed by atoms with Gasteiger partial charge in [0.05, 0.1) is 10.4 Å². The van der Waals surface area contributed by atoms with Gasteiger partial charge in [0.2, 0.25) is 0 Å². The number of fused-ring (bicyclic) bond motifs is 2. The van der Waals surface area contributed by atoms with Crippen molar-refractivity contribution in [3.8, 4) is 0 Å². The van der Waals surface area contributed by atoms with Crippen molar-refractivity contribution in [2.24, 2.45) is 0 Å². The van der Waals surface area contributed by atoms with Crippen molar-refractivity contribution in [2.75, 3.05) is 20.1 Å². The monoisotopic (exact) mass is 401 g/mol. The highest BCUT2D eigenvalue weighted by molar-refractivity contribution is 7.21. The van der Waals surface area contributed by atoms with E-state index in [9.17, 15) is 4.79 Å². The van der Waals surface area contributed by atoms with Crippen LogP contribution in [0.25, 0.3) is 21.0 Å². The molecule has 4 aromatic rings. The number of hydrogen-bond donors (Lipinski definition) is 1. The summed E-state index contributed by atoms with van der Waals surface area (Å²) < 4.78 is 1.19. The van der Waals surface area contributed by atoms with Gasteiger partial charge in [0.15, 0.2) is 0 Å². The van der Waals surface area contributed by atoms with E-state index < -0.39 is 0 Å². The molecule has 29 heavy (non-hydrogen) atoms. The molecular formula is C24H23N3OS. The Hall–Kier alpha value is -2.76. The number of carbonyl (C=O) groups is 1. The van der Waals surface area contributed by atoms with Gasteiger partial charge in [-0.3, -0.25) is 14.7 Å². The van der Waals surface area contributed by atoms with Crippen molar-refractivity contribution in [1.29, 1.82) is 0 Å². The largest absolute Gasteiger partial charge is 0.354 e. The van der Waals surface area contributed by atoms with Crippen molar-refractivity contribution >= 4 is 38.2 Å². The van der Waals surface area contributed by atoms with Crippen LogP contribution < -0.4 is 5.32 Å². The van der Waals surface area contributed by atoms with Crippen LogP contribution in [0, 0.1) is 0 Å². The molecule has 1 amide bonds. The van der Waals surface area contributed by atoms with Crippen molar-refractivity contribution < 1.29 is 4.79 Å². The number of carbonyl (C=O) groups excluding carboxylic acids is 1. The smallest absolute Gasteiger partial charge is 0.261 e. The number of likely N-dealkylation sites (tertiary alicyclic amines) is 1. The van der Waals surface area contributed by atoms with Crippen LogP contribution in [0.3, 0.4) is 0 Å². The number of rotatable bonds is 4. The Kier molecular flexibility index (Phi) is 4.78. The summed E-state index contributed by atoms with van der Waals surface area (Å²) in [5, 5.41) is 5.29. The number of nitrogens with one attached hydrogen (secondary N) is 1. The predicted octanol–water partition coefficient (Wildman–Crippen LogP) is 4.80. The fourth-order valence-electron chi connectivity index (χ4n) is 4.50. The third-order valence-electron chi connectivity index (χ3n) is 5.88. The van der Waals surface area contributed by atoms with Gasteiger partial charge in [-0.15, -0.1) is 11.3 Å². The molecule has 0 radical (unpaired) electrons. The fourth-order valence-corrected chi connectivity index (χ4v) is 5.73. The summed E-state index contributed by atoms with van der Waals surface area (Å²) in [5.41, 5.74) is 3.59. The summed E-state index contributed by atoms with van der Waals surface area (Å²) in [6, 6.07) is 18.9. The lowest BCUT2D eigenvalue weighted by molar-refractivity contribution is 0.0966. The third-order valence-corrected chi connectivity index (χ3v) is 7.07. The Morgan fingerprint density at radius 3 is 2.79 bits per heavy atom. The van der Waals surface area contributed by atoms with E-state index in [1.54, 1.807) is 18.4 Å². The maximum Gasteiger partial charge on any atom is 0.261 e. The van der Waals surface area contributed by atoms with Crippen LogP contribution in [-0.4, -0.2) is 35.9 Å². The maximum absolute atomic E-state index is 12.6. The van der Waals surface area contributed by atoms with Gasteiger partial charge in [-0.05, 0) is 47.7 Å². The van der Waals surface area contributed by atoms with Crippen LogP contribution in [0.15, 0.2) is 60.8 Å². The van der Waals surface area contributed by atoms with Crippen molar-refractivity contribution in [3.63, 3.8) is 0 Å². The summed E-state index contributed by atoms with van der Waals surface area (Å²) in [5.74, 6) is 0.409.